The molecule has 0 saturated carbocycles. The zero-order chi connectivity index (χ0) is 21.5. The molecule has 2 N–H and O–H groups in total. The van der Waals surface area contributed by atoms with Crippen LogP contribution in [0.5, 0.6) is 0 Å². The summed E-state index contributed by atoms with van der Waals surface area (Å²) in [7, 11) is 0. The Morgan fingerprint density at radius 2 is 1.70 bits per heavy atom. The third-order valence-electron chi connectivity index (χ3n) is 4.29. The van der Waals surface area contributed by atoms with E-state index in [9.17, 15) is 17.6 Å². The summed E-state index contributed by atoms with van der Waals surface area (Å²) in [6, 6.07) is 9.25. The second-order valence-electron chi connectivity index (χ2n) is 7.08. The normalized spacial score (nSPS) is 12.3. The van der Waals surface area contributed by atoms with Crippen LogP contribution in [0.15, 0.2) is 48.8 Å². The molecular weight excluding hydrogens is 400 g/mol. The molecule has 0 spiro atoms. The third-order valence-corrected chi connectivity index (χ3v) is 4.29. The molecule has 3 aromatic heterocycles. The van der Waals surface area contributed by atoms with Crippen molar-refractivity contribution < 1.29 is 17.6 Å². The van der Waals surface area contributed by atoms with Crippen molar-refractivity contribution >= 4 is 22.7 Å². The first-order chi connectivity index (χ1) is 14.1. The Bertz CT molecular complexity index is 1200. The number of aromatic amines is 1. The molecule has 0 saturated heterocycles. The Labute approximate surface area is 168 Å². The van der Waals surface area contributed by atoms with Gasteiger partial charge in [0.05, 0.1) is 22.5 Å². The molecule has 4 aromatic rings. The molecule has 1 aromatic carbocycles. The van der Waals surface area contributed by atoms with Gasteiger partial charge >= 0.3 is 6.18 Å². The number of nitrogens with zero attached hydrogens (tertiary/aromatic N) is 4. The van der Waals surface area contributed by atoms with Gasteiger partial charge in [-0.3, -0.25) is 4.98 Å². The summed E-state index contributed by atoms with van der Waals surface area (Å²) in [6.07, 6.45) is -1.60. The SMILES string of the molecule is CC(C)(F)c1nc2c(C(F)(F)F)cc(Nc3nccc(-c4ccccn4)n3)cc2[nH]1. The summed E-state index contributed by atoms with van der Waals surface area (Å²) in [6.45, 7) is 2.43. The van der Waals surface area contributed by atoms with E-state index in [0.29, 0.717) is 11.4 Å². The Kier molecular flexibility index (Phi) is 4.64. The molecular formula is C20H16F4N6. The van der Waals surface area contributed by atoms with Gasteiger partial charge in [0.15, 0.2) is 5.67 Å². The Morgan fingerprint density at radius 3 is 2.37 bits per heavy atom. The lowest BCUT2D eigenvalue weighted by Crippen LogP contribution is -2.11. The third kappa shape index (κ3) is 3.93. The standard InChI is InChI=1S/C20H16F4N6/c1-19(2,21)17-28-15-10-11(9-12(16(15)30-17)20(22,23)24)27-18-26-8-6-14(29-18)13-5-3-4-7-25-13/h3-10H,1-2H3,(H,28,30)(H,26,27,29). The Morgan fingerprint density at radius 1 is 0.900 bits per heavy atom. The highest BCUT2D eigenvalue weighted by atomic mass is 19.4. The molecule has 0 aliphatic carbocycles. The number of benzene rings is 1. The molecule has 0 atom stereocenters. The molecule has 154 valence electrons. The number of imidazole rings is 1. The second-order valence-corrected chi connectivity index (χ2v) is 7.08. The summed E-state index contributed by atoms with van der Waals surface area (Å²) < 4.78 is 55.1. The van der Waals surface area contributed by atoms with E-state index in [1.54, 1.807) is 30.5 Å². The van der Waals surface area contributed by atoms with Crippen molar-refractivity contribution in [1.82, 2.24) is 24.9 Å². The fourth-order valence-corrected chi connectivity index (χ4v) is 2.89. The molecule has 30 heavy (non-hydrogen) atoms. The zero-order valence-corrected chi connectivity index (χ0v) is 15.9. The second kappa shape index (κ2) is 7.05. The van der Waals surface area contributed by atoms with E-state index in [1.165, 1.54) is 26.1 Å². The number of halogens is 4. The zero-order valence-electron chi connectivity index (χ0n) is 15.9. The van der Waals surface area contributed by atoms with E-state index in [4.69, 9.17) is 0 Å². The van der Waals surface area contributed by atoms with Gasteiger partial charge in [-0.2, -0.15) is 13.2 Å². The molecule has 0 aliphatic heterocycles. The predicted octanol–water partition coefficient (Wildman–Crippen LogP) is 5.38. The highest BCUT2D eigenvalue weighted by molar-refractivity contribution is 5.84. The number of H-pyrrole nitrogens is 1. The van der Waals surface area contributed by atoms with Crippen molar-refractivity contribution in [3.8, 4) is 11.4 Å². The van der Waals surface area contributed by atoms with Crippen molar-refractivity contribution in [3.05, 3.63) is 60.2 Å². The summed E-state index contributed by atoms with van der Waals surface area (Å²) in [4.78, 5) is 19.0. The van der Waals surface area contributed by atoms with E-state index < -0.39 is 17.4 Å². The van der Waals surface area contributed by atoms with E-state index >= 15 is 0 Å². The molecule has 0 radical (unpaired) electrons. The lowest BCUT2D eigenvalue weighted by molar-refractivity contribution is -0.136. The number of rotatable bonds is 4. The van der Waals surface area contributed by atoms with E-state index in [1.807, 2.05) is 0 Å². The molecule has 6 nitrogen and oxygen atoms in total. The van der Waals surface area contributed by atoms with Crippen LogP contribution < -0.4 is 5.32 Å². The number of nitrogens with one attached hydrogen (secondary N) is 2. The Balaban J connectivity index is 1.76. The van der Waals surface area contributed by atoms with Gasteiger partial charge in [0.1, 0.15) is 11.3 Å². The van der Waals surface area contributed by atoms with Crippen molar-refractivity contribution in [3.63, 3.8) is 0 Å². The lowest BCUT2D eigenvalue weighted by Gasteiger charge is -2.11. The van der Waals surface area contributed by atoms with Crippen LogP contribution in [0.25, 0.3) is 22.4 Å². The number of aromatic nitrogens is 5. The van der Waals surface area contributed by atoms with Crippen molar-refractivity contribution in [2.75, 3.05) is 5.32 Å². The van der Waals surface area contributed by atoms with Crippen LogP contribution in [0.2, 0.25) is 0 Å². The van der Waals surface area contributed by atoms with Crippen molar-refractivity contribution in [1.29, 1.82) is 0 Å². The molecule has 0 unspecified atom stereocenters. The maximum absolute atomic E-state index is 14.2. The quantitative estimate of drug-likeness (QED) is 0.437. The molecule has 4 rings (SSSR count). The van der Waals surface area contributed by atoms with Gasteiger partial charge < -0.3 is 10.3 Å². The predicted molar refractivity (Wildman–Crippen MR) is 104 cm³/mol. The lowest BCUT2D eigenvalue weighted by atomic mass is 10.1. The van der Waals surface area contributed by atoms with Crippen LogP contribution in [0.3, 0.4) is 0 Å². The summed E-state index contributed by atoms with van der Waals surface area (Å²) in [5.74, 6) is -0.0928. The largest absolute Gasteiger partial charge is 0.418 e. The molecule has 0 fully saturated rings. The number of alkyl halides is 4. The minimum Gasteiger partial charge on any atom is -0.339 e. The minimum atomic E-state index is -4.68. The minimum absolute atomic E-state index is 0.0499. The van der Waals surface area contributed by atoms with Gasteiger partial charge in [0.25, 0.3) is 0 Å². The topological polar surface area (TPSA) is 79.4 Å². The van der Waals surface area contributed by atoms with Crippen molar-refractivity contribution in [2.45, 2.75) is 25.7 Å². The summed E-state index contributed by atoms with van der Waals surface area (Å²) in [5.41, 5.74) is -2.03. The number of pyridine rings is 1. The monoisotopic (exact) mass is 416 g/mol. The van der Waals surface area contributed by atoms with Gasteiger partial charge in [-0.05, 0) is 44.2 Å². The molecule has 0 aliphatic rings. The van der Waals surface area contributed by atoms with Crippen LogP contribution in [-0.2, 0) is 11.8 Å². The maximum Gasteiger partial charge on any atom is 0.418 e. The number of hydrogen-bond donors (Lipinski definition) is 2. The van der Waals surface area contributed by atoms with Gasteiger partial charge in [-0.15, -0.1) is 0 Å². The highest BCUT2D eigenvalue weighted by Crippen LogP contribution is 2.38. The fourth-order valence-electron chi connectivity index (χ4n) is 2.89. The smallest absolute Gasteiger partial charge is 0.339 e. The van der Waals surface area contributed by atoms with E-state index in [-0.39, 0.29) is 28.5 Å². The van der Waals surface area contributed by atoms with Crippen LogP contribution in [0.1, 0.15) is 25.2 Å². The van der Waals surface area contributed by atoms with Crippen LogP contribution in [0.4, 0.5) is 29.2 Å². The first kappa shape index (κ1) is 19.7. The van der Waals surface area contributed by atoms with Crippen LogP contribution in [-0.4, -0.2) is 24.9 Å². The summed E-state index contributed by atoms with van der Waals surface area (Å²) in [5, 5.41) is 2.78. The first-order valence-electron chi connectivity index (χ1n) is 8.93. The summed E-state index contributed by atoms with van der Waals surface area (Å²) >= 11 is 0. The molecule has 10 heteroatoms. The molecule has 3 heterocycles. The maximum atomic E-state index is 14.2. The van der Waals surface area contributed by atoms with Gasteiger partial charge in [-0.1, -0.05) is 6.07 Å². The van der Waals surface area contributed by atoms with Crippen LogP contribution in [0, 0.1) is 0 Å². The van der Waals surface area contributed by atoms with E-state index in [2.05, 4.69) is 30.2 Å². The van der Waals surface area contributed by atoms with Gasteiger partial charge in [0.2, 0.25) is 5.95 Å². The van der Waals surface area contributed by atoms with Crippen molar-refractivity contribution in [2.24, 2.45) is 0 Å². The average Bonchev–Trinajstić information content (AvgIpc) is 3.12. The number of anilines is 2. The van der Waals surface area contributed by atoms with E-state index in [0.717, 1.165) is 6.07 Å². The molecule has 0 bridgehead atoms. The average molecular weight is 416 g/mol. The van der Waals surface area contributed by atoms with Gasteiger partial charge in [-0.25, -0.2) is 19.3 Å². The number of fused-ring (bicyclic) bond motifs is 1. The Hall–Kier alpha value is -3.56. The fraction of sp³-hybridized carbons (Fsp3) is 0.200. The highest BCUT2D eigenvalue weighted by Gasteiger charge is 2.35. The number of hydrogen-bond acceptors (Lipinski definition) is 5. The first-order valence-corrected chi connectivity index (χ1v) is 8.93. The molecule has 0 amide bonds. The van der Waals surface area contributed by atoms with Gasteiger partial charge in [0, 0.05) is 18.1 Å². The van der Waals surface area contributed by atoms with Crippen LogP contribution >= 0.6 is 0 Å².